The lowest BCUT2D eigenvalue weighted by molar-refractivity contribution is -0.128. The number of benzene rings is 1. The molecule has 5 heteroatoms. The molecule has 1 aromatic carbocycles. The van der Waals surface area contributed by atoms with Crippen LogP contribution in [0.2, 0.25) is 0 Å². The van der Waals surface area contributed by atoms with E-state index in [-0.39, 0.29) is 23.7 Å². The van der Waals surface area contributed by atoms with Gasteiger partial charge in [-0.15, -0.1) is 0 Å². The Morgan fingerprint density at radius 3 is 2.33 bits per heavy atom. The molecule has 2 aromatic rings. The van der Waals surface area contributed by atoms with Crippen LogP contribution < -0.4 is 10.6 Å². The Balaban J connectivity index is 1.45. The van der Waals surface area contributed by atoms with Crippen LogP contribution in [0.15, 0.2) is 42.7 Å². The number of aromatic nitrogens is 1. The van der Waals surface area contributed by atoms with E-state index in [4.69, 9.17) is 0 Å². The fourth-order valence-electron chi connectivity index (χ4n) is 3.52. The highest BCUT2D eigenvalue weighted by Crippen LogP contribution is 2.30. The second-order valence-electron chi connectivity index (χ2n) is 7.42. The summed E-state index contributed by atoms with van der Waals surface area (Å²) < 4.78 is 0. The predicted octanol–water partition coefficient (Wildman–Crippen LogP) is 3.76. The molecule has 2 amide bonds. The Kier molecular flexibility index (Phi) is 6.22. The SMILES string of the molecule is Cc1ccc(NC(=O)C2CCC(C(=O)NCc3cccnc3)CC2)cc1C. The van der Waals surface area contributed by atoms with Crippen LogP contribution in [0.5, 0.6) is 0 Å². The summed E-state index contributed by atoms with van der Waals surface area (Å²) in [5, 5.41) is 6.01. The Labute approximate surface area is 160 Å². The standard InChI is InChI=1S/C22H27N3O2/c1-15-5-10-20(12-16(15)2)25-22(27)19-8-6-18(7-9-19)21(26)24-14-17-4-3-11-23-13-17/h3-5,10-13,18-19H,6-9,14H2,1-2H3,(H,24,26)(H,25,27). The molecule has 1 saturated carbocycles. The van der Waals surface area contributed by atoms with Crippen molar-refractivity contribution in [2.24, 2.45) is 11.8 Å². The smallest absolute Gasteiger partial charge is 0.227 e. The average Bonchev–Trinajstić information content (AvgIpc) is 2.70. The van der Waals surface area contributed by atoms with Crippen molar-refractivity contribution in [1.29, 1.82) is 0 Å². The van der Waals surface area contributed by atoms with Crippen molar-refractivity contribution in [2.75, 3.05) is 5.32 Å². The van der Waals surface area contributed by atoms with Crippen molar-refractivity contribution >= 4 is 17.5 Å². The highest BCUT2D eigenvalue weighted by molar-refractivity contribution is 5.93. The minimum atomic E-state index is -0.0195. The van der Waals surface area contributed by atoms with Gasteiger partial charge in [0.2, 0.25) is 11.8 Å². The van der Waals surface area contributed by atoms with Gasteiger partial charge in [0.25, 0.3) is 0 Å². The molecule has 1 aliphatic rings. The molecular weight excluding hydrogens is 338 g/mol. The fraction of sp³-hybridized carbons (Fsp3) is 0.409. The molecule has 1 heterocycles. The van der Waals surface area contributed by atoms with E-state index in [9.17, 15) is 9.59 Å². The maximum Gasteiger partial charge on any atom is 0.227 e. The van der Waals surface area contributed by atoms with Gasteiger partial charge in [0.15, 0.2) is 0 Å². The van der Waals surface area contributed by atoms with Crippen LogP contribution in [0, 0.1) is 25.7 Å². The number of rotatable bonds is 5. The second kappa shape index (κ2) is 8.80. The molecule has 0 unspecified atom stereocenters. The number of nitrogens with one attached hydrogen (secondary N) is 2. The van der Waals surface area contributed by atoms with Gasteiger partial charge in [-0.3, -0.25) is 14.6 Å². The molecule has 5 nitrogen and oxygen atoms in total. The van der Waals surface area contributed by atoms with E-state index < -0.39 is 0 Å². The lowest BCUT2D eigenvalue weighted by atomic mass is 9.81. The molecule has 0 aliphatic heterocycles. The molecule has 0 spiro atoms. The third kappa shape index (κ3) is 5.16. The Morgan fingerprint density at radius 2 is 1.70 bits per heavy atom. The van der Waals surface area contributed by atoms with Crippen LogP contribution in [0.3, 0.4) is 0 Å². The van der Waals surface area contributed by atoms with Crippen molar-refractivity contribution in [3.8, 4) is 0 Å². The van der Waals surface area contributed by atoms with Gasteiger partial charge < -0.3 is 10.6 Å². The normalized spacial score (nSPS) is 19.3. The summed E-state index contributed by atoms with van der Waals surface area (Å²) in [5.74, 6) is 0.112. The molecular formula is C22H27N3O2. The van der Waals surface area contributed by atoms with E-state index >= 15 is 0 Å². The molecule has 3 rings (SSSR count). The molecule has 0 saturated heterocycles. The highest BCUT2D eigenvalue weighted by atomic mass is 16.2. The Morgan fingerprint density at radius 1 is 1.00 bits per heavy atom. The van der Waals surface area contributed by atoms with Crippen LogP contribution >= 0.6 is 0 Å². The third-order valence-electron chi connectivity index (χ3n) is 5.43. The quantitative estimate of drug-likeness (QED) is 0.847. The Bertz CT molecular complexity index is 796. The van der Waals surface area contributed by atoms with Crippen molar-refractivity contribution < 1.29 is 9.59 Å². The summed E-state index contributed by atoms with van der Waals surface area (Å²) in [7, 11) is 0. The van der Waals surface area contributed by atoms with Crippen molar-refractivity contribution in [2.45, 2.75) is 46.1 Å². The first-order valence-electron chi connectivity index (χ1n) is 9.57. The van der Waals surface area contributed by atoms with Gasteiger partial charge in [0, 0.05) is 36.5 Å². The minimum absolute atomic E-state index is 0.00709. The molecule has 0 bridgehead atoms. The maximum atomic E-state index is 12.5. The number of carbonyl (C=O) groups excluding carboxylic acids is 2. The van der Waals surface area contributed by atoms with Gasteiger partial charge in [0.05, 0.1) is 0 Å². The van der Waals surface area contributed by atoms with E-state index in [1.165, 1.54) is 11.1 Å². The second-order valence-corrected chi connectivity index (χ2v) is 7.42. The summed E-state index contributed by atoms with van der Waals surface area (Å²) in [6.07, 6.45) is 6.49. The summed E-state index contributed by atoms with van der Waals surface area (Å²) in [4.78, 5) is 29.0. The number of aryl methyl sites for hydroxylation is 2. The number of hydrogen-bond acceptors (Lipinski definition) is 3. The summed E-state index contributed by atoms with van der Waals surface area (Å²) in [6, 6.07) is 9.78. The first-order valence-corrected chi connectivity index (χ1v) is 9.57. The van der Waals surface area contributed by atoms with Crippen LogP contribution in [-0.4, -0.2) is 16.8 Å². The zero-order chi connectivity index (χ0) is 19.2. The highest BCUT2D eigenvalue weighted by Gasteiger charge is 2.29. The average molecular weight is 365 g/mol. The monoisotopic (exact) mass is 365 g/mol. The van der Waals surface area contributed by atoms with Gasteiger partial charge in [0.1, 0.15) is 0 Å². The van der Waals surface area contributed by atoms with Crippen molar-refractivity contribution in [3.05, 3.63) is 59.4 Å². The van der Waals surface area contributed by atoms with Gasteiger partial charge >= 0.3 is 0 Å². The first kappa shape index (κ1) is 19.1. The van der Waals surface area contributed by atoms with Crippen LogP contribution in [0.4, 0.5) is 5.69 Å². The minimum Gasteiger partial charge on any atom is -0.352 e. The first-order chi connectivity index (χ1) is 13.0. The number of amides is 2. The summed E-state index contributed by atoms with van der Waals surface area (Å²) in [5.41, 5.74) is 4.22. The van der Waals surface area contributed by atoms with Gasteiger partial charge in [-0.25, -0.2) is 0 Å². The van der Waals surface area contributed by atoms with Gasteiger partial charge in [-0.05, 0) is 74.4 Å². The fourth-order valence-corrected chi connectivity index (χ4v) is 3.52. The molecule has 2 N–H and O–H groups in total. The lowest BCUT2D eigenvalue weighted by Crippen LogP contribution is -2.35. The van der Waals surface area contributed by atoms with Gasteiger partial charge in [-0.1, -0.05) is 12.1 Å². The molecule has 0 radical (unpaired) electrons. The number of hydrogen-bond donors (Lipinski definition) is 2. The third-order valence-corrected chi connectivity index (χ3v) is 5.43. The zero-order valence-electron chi connectivity index (χ0n) is 16.0. The maximum absolute atomic E-state index is 12.5. The van der Waals surface area contributed by atoms with Crippen LogP contribution in [0.25, 0.3) is 0 Å². The van der Waals surface area contributed by atoms with Crippen molar-refractivity contribution in [1.82, 2.24) is 10.3 Å². The topological polar surface area (TPSA) is 71.1 Å². The molecule has 1 aromatic heterocycles. The largest absolute Gasteiger partial charge is 0.352 e. The van der Waals surface area contributed by atoms with E-state index in [0.29, 0.717) is 6.54 Å². The molecule has 0 atom stereocenters. The molecule has 1 fully saturated rings. The Hall–Kier alpha value is -2.69. The van der Waals surface area contributed by atoms with Gasteiger partial charge in [-0.2, -0.15) is 0 Å². The van der Waals surface area contributed by atoms with Crippen LogP contribution in [0.1, 0.15) is 42.4 Å². The van der Waals surface area contributed by atoms with E-state index in [1.807, 2.05) is 37.3 Å². The number of nitrogens with zero attached hydrogens (tertiary/aromatic N) is 1. The number of carbonyl (C=O) groups is 2. The molecule has 142 valence electrons. The molecule has 1 aliphatic carbocycles. The van der Waals surface area contributed by atoms with E-state index in [1.54, 1.807) is 12.4 Å². The van der Waals surface area contributed by atoms with Crippen LogP contribution in [-0.2, 0) is 16.1 Å². The summed E-state index contributed by atoms with van der Waals surface area (Å²) in [6.45, 7) is 4.60. The van der Waals surface area contributed by atoms with E-state index in [0.717, 1.165) is 36.9 Å². The predicted molar refractivity (Wildman–Crippen MR) is 106 cm³/mol. The van der Waals surface area contributed by atoms with E-state index in [2.05, 4.69) is 22.5 Å². The zero-order valence-corrected chi connectivity index (χ0v) is 16.0. The number of anilines is 1. The lowest BCUT2D eigenvalue weighted by Gasteiger charge is -2.27. The molecule has 27 heavy (non-hydrogen) atoms. The summed E-state index contributed by atoms with van der Waals surface area (Å²) >= 11 is 0. The van der Waals surface area contributed by atoms with Crippen molar-refractivity contribution in [3.63, 3.8) is 0 Å². The number of pyridine rings is 1.